The minimum atomic E-state index is -4.58. The van der Waals surface area contributed by atoms with Crippen LogP contribution in [-0.4, -0.2) is 35.8 Å². The highest BCUT2D eigenvalue weighted by Gasteiger charge is 2.33. The first-order valence-corrected chi connectivity index (χ1v) is 10.2. The van der Waals surface area contributed by atoms with Crippen molar-refractivity contribution in [1.29, 1.82) is 0 Å². The molecular weight excluding hydrogens is 419 g/mol. The van der Waals surface area contributed by atoms with Crippen molar-refractivity contribution in [3.63, 3.8) is 0 Å². The van der Waals surface area contributed by atoms with Gasteiger partial charge in [0.15, 0.2) is 0 Å². The summed E-state index contributed by atoms with van der Waals surface area (Å²) in [7, 11) is 0. The zero-order valence-electron chi connectivity index (χ0n) is 17.7. The first-order valence-electron chi connectivity index (χ1n) is 10.2. The Kier molecular flexibility index (Phi) is 7.15. The number of nitrogens with one attached hydrogen (secondary N) is 2. The van der Waals surface area contributed by atoms with Gasteiger partial charge in [-0.15, -0.1) is 0 Å². The standard InChI is InChI=1S/C24H24F3N3O2/c1-3-30(15-22(31)28-21-13-7-6-12-19(21)24(25,26)27)16(2)23(32)29-20-14-8-10-17-9-4-5-11-18(17)20/h4-14,16H,3,15H2,1-2H3,(H,28,31)(H,29,32). The molecule has 0 aliphatic carbocycles. The van der Waals surface area contributed by atoms with Gasteiger partial charge in [0.25, 0.3) is 0 Å². The number of halogens is 3. The van der Waals surface area contributed by atoms with E-state index in [9.17, 15) is 22.8 Å². The molecule has 8 heteroatoms. The summed E-state index contributed by atoms with van der Waals surface area (Å²) in [6.45, 7) is 3.56. The highest BCUT2D eigenvalue weighted by atomic mass is 19.4. The van der Waals surface area contributed by atoms with Crippen molar-refractivity contribution < 1.29 is 22.8 Å². The third-order valence-corrected chi connectivity index (χ3v) is 5.23. The Morgan fingerprint density at radius 3 is 2.25 bits per heavy atom. The summed E-state index contributed by atoms with van der Waals surface area (Å²) < 4.78 is 39.5. The van der Waals surface area contributed by atoms with Crippen LogP contribution in [0.3, 0.4) is 0 Å². The lowest BCUT2D eigenvalue weighted by Crippen LogP contribution is -2.45. The molecule has 2 N–H and O–H groups in total. The SMILES string of the molecule is CCN(CC(=O)Nc1ccccc1C(F)(F)F)C(C)C(=O)Nc1cccc2ccccc12. The summed E-state index contributed by atoms with van der Waals surface area (Å²) in [6, 6.07) is 17.3. The number of rotatable bonds is 7. The van der Waals surface area contributed by atoms with E-state index in [0.29, 0.717) is 12.2 Å². The molecular formula is C24H24F3N3O2. The molecule has 1 atom stereocenters. The fourth-order valence-electron chi connectivity index (χ4n) is 3.47. The number of hydrogen-bond acceptors (Lipinski definition) is 3. The largest absolute Gasteiger partial charge is 0.418 e. The van der Waals surface area contributed by atoms with Gasteiger partial charge >= 0.3 is 6.18 Å². The number of carbonyl (C=O) groups excluding carboxylic acids is 2. The van der Waals surface area contributed by atoms with Gasteiger partial charge in [0.2, 0.25) is 11.8 Å². The summed E-state index contributed by atoms with van der Waals surface area (Å²) >= 11 is 0. The van der Waals surface area contributed by atoms with Crippen LogP contribution in [0, 0.1) is 0 Å². The number of likely N-dealkylation sites (N-methyl/N-ethyl adjacent to an activating group) is 1. The second-order valence-corrected chi connectivity index (χ2v) is 7.35. The van der Waals surface area contributed by atoms with Crippen LogP contribution in [0.15, 0.2) is 66.7 Å². The van der Waals surface area contributed by atoms with Crippen LogP contribution < -0.4 is 10.6 Å². The van der Waals surface area contributed by atoms with E-state index in [0.717, 1.165) is 16.8 Å². The molecule has 2 amide bonds. The molecule has 0 spiro atoms. The van der Waals surface area contributed by atoms with Crippen LogP contribution in [0.4, 0.5) is 24.5 Å². The zero-order valence-corrected chi connectivity index (χ0v) is 17.7. The maximum absolute atomic E-state index is 13.2. The Labute approximate surface area is 184 Å². The van der Waals surface area contributed by atoms with E-state index >= 15 is 0 Å². The maximum Gasteiger partial charge on any atom is 0.418 e. The maximum atomic E-state index is 13.2. The number of hydrogen-bond donors (Lipinski definition) is 2. The van der Waals surface area contributed by atoms with Crippen LogP contribution in [-0.2, 0) is 15.8 Å². The van der Waals surface area contributed by atoms with E-state index in [1.54, 1.807) is 24.8 Å². The molecule has 1 unspecified atom stereocenters. The van der Waals surface area contributed by atoms with Gasteiger partial charge in [0, 0.05) is 11.1 Å². The van der Waals surface area contributed by atoms with Gasteiger partial charge in [0.1, 0.15) is 0 Å². The Bertz CT molecular complexity index is 1110. The molecule has 0 saturated carbocycles. The van der Waals surface area contributed by atoms with Crippen molar-refractivity contribution in [3.05, 3.63) is 72.3 Å². The van der Waals surface area contributed by atoms with E-state index in [2.05, 4.69) is 10.6 Å². The third kappa shape index (κ3) is 5.45. The first-order chi connectivity index (χ1) is 15.2. The molecule has 3 rings (SSSR count). The molecule has 0 aliphatic rings. The lowest BCUT2D eigenvalue weighted by atomic mass is 10.1. The normalized spacial score (nSPS) is 12.6. The van der Waals surface area contributed by atoms with Crippen LogP contribution in [0.1, 0.15) is 19.4 Å². The molecule has 0 saturated heterocycles. The highest BCUT2D eigenvalue weighted by molar-refractivity contribution is 6.04. The monoisotopic (exact) mass is 443 g/mol. The molecule has 0 radical (unpaired) electrons. The molecule has 0 bridgehead atoms. The predicted octanol–water partition coefficient (Wildman–Crippen LogP) is 5.15. The lowest BCUT2D eigenvalue weighted by Gasteiger charge is -2.26. The number of benzene rings is 3. The van der Waals surface area contributed by atoms with E-state index in [4.69, 9.17) is 0 Å². The minimum Gasteiger partial charge on any atom is -0.324 e. The van der Waals surface area contributed by atoms with Crippen LogP contribution >= 0.6 is 0 Å². The van der Waals surface area contributed by atoms with Crippen LogP contribution in [0.5, 0.6) is 0 Å². The van der Waals surface area contributed by atoms with Crippen molar-refractivity contribution in [2.75, 3.05) is 23.7 Å². The molecule has 168 valence electrons. The topological polar surface area (TPSA) is 61.4 Å². The Hall–Kier alpha value is -3.39. The number of alkyl halides is 3. The lowest BCUT2D eigenvalue weighted by molar-refractivity contribution is -0.137. The van der Waals surface area contributed by atoms with Gasteiger partial charge < -0.3 is 10.6 Å². The van der Waals surface area contributed by atoms with E-state index in [-0.39, 0.29) is 18.1 Å². The first kappa shape index (κ1) is 23.3. The van der Waals surface area contributed by atoms with E-state index < -0.39 is 23.7 Å². The van der Waals surface area contributed by atoms with E-state index in [1.807, 2.05) is 36.4 Å². The van der Waals surface area contributed by atoms with Crippen LogP contribution in [0.25, 0.3) is 10.8 Å². The van der Waals surface area contributed by atoms with Gasteiger partial charge in [-0.1, -0.05) is 55.5 Å². The van der Waals surface area contributed by atoms with Crippen molar-refractivity contribution in [1.82, 2.24) is 4.90 Å². The van der Waals surface area contributed by atoms with Gasteiger partial charge in [-0.25, -0.2) is 0 Å². The summed E-state index contributed by atoms with van der Waals surface area (Å²) in [4.78, 5) is 26.9. The number of nitrogens with zero attached hydrogens (tertiary/aromatic N) is 1. The molecule has 5 nitrogen and oxygen atoms in total. The van der Waals surface area contributed by atoms with Crippen molar-refractivity contribution in [3.8, 4) is 0 Å². The second kappa shape index (κ2) is 9.82. The average Bonchev–Trinajstić information content (AvgIpc) is 2.77. The molecule has 3 aromatic rings. The van der Waals surface area contributed by atoms with Crippen molar-refractivity contribution in [2.24, 2.45) is 0 Å². The molecule has 0 aliphatic heterocycles. The van der Waals surface area contributed by atoms with Crippen LogP contribution in [0.2, 0.25) is 0 Å². The number of anilines is 2. The van der Waals surface area contributed by atoms with Gasteiger partial charge in [0.05, 0.1) is 23.8 Å². The molecule has 0 fully saturated rings. The van der Waals surface area contributed by atoms with Crippen molar-refractivity contribution in [2.45, 2.75) is 26.1 Å². The van der Waals surface area contributed by atoms with Gasteiger partial charge in [-0.2, -0.15) is 13.2 Å². The Balaban J connectivity index is 1.69. The second-order valence-electron chi connectivity index (χ2n) is 7.35. The predicted molar refractivity (Wildman–Crippen MR) is 119 cm³/mol. The highest BCUT2D eigenvalue weighted by Crippen LogP contribution is 2.34. The Morgan fingerprint density at radius 1 is 0.906 bits per heavy atom. The van der Waals surface area contributed by atoms with E-state index in [1.165, 1.54) is 18.2 Å². The van der Waals surface area contributed by atoms with Crippen molar-refractivity contribution >= 4 is 34.0 Å². The average molecular weight is 443 g/mol. The molecule has 0 aromatic heterocycles. The number of para-hydroxylation sites is 1. The fourth-order valence-corrected chi connectivity index (χ4v) is 3.47. The fraction of sp³-hybridized carbons (Fsp3) is 0.250. The van der Waals surface area contributed by atoms with Gasteiger partial charge in [-0.05, 0) is 37.1 Å². The molecule has 32 heavy (non-hydrogen) atoms. The summed E-state index contributed by atoms with van der Waals surface area (Å²) in [5, 5.41) is 7.08. The number of amides is 2. The zero-order chi connectivity index (χ0) is 23.3. The number of fused-ring (bicyclic) bond motifs is 1. The molecule has 0 heterocycles. The number of carbonyl (C=O) groups is 2. The summed E-state index contributed by atoms with van der Waals surface area (Å²) in [5.41, 5.74) is -0.577. The minimum absolute atomic E-state index is 0.229. The summed E-state index contributed by atoms with van der Waals surface area (Å²) in [6.07, 6.45) is -4.58. The summed E-state index contributed by atoms with van der Waals surface area (Å²) in [5.74, 6) is -0.944. The van der Waals surface area contributed by atoms with Gasteiger partial charge in [-0.3, -0.25) is 14.5 Å². The molecule has 3 aromatic carbocycles. The smallest absolute Gasteiger partial charge is 0.324 e. The quantitative estimate of drug-likeness (QED) is 0.531. The Morgan fingerprint density at radius 2 is 1.53 bits per heavy atom. The third-order valence-electron chi connectivity index (χ3n) is 5.23.